The number of urea groups is 1. The van der Waals surface area contributed by atoms with Gasteiger partial charge in [-0.1, -0.05) is 12.1 Å². The zero-order chi connectivity index (χ0) is 18.7. The van der Waals surface area contributed by atoms with Crippen molar-refractivity contribution in [2.45, 2.75) is 31.5 Å². The van der Waals surface area contributed by atoms with Crippen LogP contribution in [0.2, 0.25) is 0 Å². The summed E-state index contributed by atoms with van der Waals surface area (Å²) in [5, 5.41) is 5.69. The number of para-hydroxylation sites is 2. The molecular formula is C17H22F2N4O3. The van der Waals surface area contributed by atoms with E-state index in [9.17, 15) is 18.4 Å². The fourth-order valence-corrected chi connectivity index (χ4v) is 3.38. The normalized spacial score (nSPS) is 22.8. The van der Waals surface area contributed by atoms with Gasteiger partial charge in [-0.15, -0.1) is 0 Å². The molecule has 2 aliphatic rings. The van der Waals surface area contributed by atoms with Crippen LogP contribution in [0.1, 0.15) is 12.8 Å². The first-order valence-corrected chi connectivity index (χ1v) is 8.52. The molecule has 0 bridgehead atoms. The average molecular weight is 368 g/mol. The summed E-state index contributed by atoms with van der Waals surface area (Å²) in [7, 11) is 1.70. The standard InChI is InChI=1S/C17H22F2N4O3/c1-22-9-12(8-15(22)24)21-17(25)20-11-6-7-23(10-11)13-4-2-3-5-14(13)26-16(18)19/h2-5,11-12,16H,6-10H2,1H3,(H2,20,21,25). The Labute approximate surface area is 150 Å². The molecule has 1 aromatic carbocycles. The van der Waals surface area contributed by atoms with Crippen LogP contribution in [0.5, 0.6) is 5.75 Å². The zero-order valence-electron chi connectivity index (χ0n) is 14.5. The number of carbonyl (C=O) groups is 2. The van der Waals surface area contributed by atoms with E-state index < -0.39 is 6.61 Å². The van der Waals surface area contributed by atoms with E-state index in [-0.39, 0.29) is 29.8 Å². The zero-order valence-corrected chi connectivity index (χ0v) is 14.5. The smallest absolute Gasteiger partial charge is 0.387 e. The number of amides is 3. The Morgan fingerprint density at radius 2 is 1.96 bits per heavy atom. The van der Waals surface area contributed by atoms with Crippen molar-refractivity contribution in [3.63, 3.8) is 0 Å². The third kappa shape index (κ3) is 4.33. The van der Waals surface area contributed by atoms with Crippen LogP contribution in [0.4, 0.5) is 19.3 Å². The Morgan fingerprint density at radius 1 is 1.23 bits per heavy atom. The number of hydrogen-bond donors (Lipinski definition) is 2. The van der Waals surface area contributed by atoms with Gasteiger partial charge in [0.2, 0.25) is 5.91 Å². The lowest BCUT2D eigenvalue weighted by molar-refractivity contribution is -0.126. The van der Waals surface area contributed by atoms with Crippen LogP contribution in [0, 0.1) is 0 Å². The van der Waals surface area contributed by atoms with Crippen molar-refractivity contribution in [3.8, 4) is 5.75 Å². The van der Waals surface area contributed by atoms with Gasteiger partial charge in [-0.3, -0.25) is 4.79 Å². The third-order valence-corrected chi connectivity index (χ3v) is 4.62. The van der Waals surface area contributed by atoms with E-state index in [2.05, 4.69) is 15.4 Å². The highest BCUT2D eigenvalue weighted by Gasteiger charge is 2.30. The number of benzene rings is 1. The SMILES string of the molecule is CN1CC(NC(=O)NC2CCN(c3ccccc3OC(F)F)C2)CC1=O. The molecule has 2 aliphatic heterocycles. The molecule has 0 aromatic heterocycles. The molecule has 9 heteroatoms. The summed E-state index contributed by atoms with van der Waals surface area (Å²) in [6, 6.07) is 6.01. The second-order valence-corrected chi connectivity index (χ2v) is 6.57. The number of nitrogens with one attached hydrogen (secondary N) is 2. The predicted octanol–water partition coefficient (Wildman–Crippen LogP) is 1.40. The van der Waals surface area contributed by atoms with Crippen LogP contribution in [0.25, 0.3) is 0 Å². The first kappa shape index (κ1) is 18.2. The lowest BCUT2D eigenvalue weighted by Gasteiger charge is -2.22. The van der Waals surface area contributed by atoms with Crippen molar-refractivity contribution >= 4 is 17.6 Å². The van der Waals surface area contributed by atoms with Crippen molar-refractivity contribution in [1.82, 2.24) is 15.5 Å². The Kier molecular flexibility index (Phi) is 5.43. The monoisotopic (exact) mass is 368 g/mol. The molecule has 26 heavy (non-hydrogen) atoms. The van der Waals surface area contributed by atoms with Crippen molar-refractivity contribution in [2.24, 2.45) is 0 Å². The van der Waals surface area contributed by atoms with Crippen LogP contribution in [-0.4, -0.2) is 62.2 Å². The molecule has 2 N–H and O–H groups in total. The topological polar surface area (TPSA) is 73.9 Å². The van der Waals surface area contributed by atoms with Crippen LogP contribution >= 0.6 is 0 Å². The van der Waals surface area contributed by atoms with E-state index in [0.29, 0.717) is 38.2 Å². The summed E-state index contributed by atoms with van der Waals surface area (Å²) >= 11 is 0. The van der Waals surface area contributed by atoms with E-state index >= 15 is 0 Å². The molecule has 0 aliphatic carbocycles. The molecule has 7 nitrogen and oxygen atoms in total. The molecule has 3 amide bonds. The van der Waals surface area contributed by atoms with Gasteiger partial charge in [0.05, 0.1) is 11.7 Å². The number of hydrogen-bond acceptors (Lipinski definition) is 4. The van der Waals surface area contributed by atoms with E-state index in [0.717, 1.165) is 0 Å². The van der Waals surface area contributed by atoms with E-state index in [1.54, 1.807) is 30.1 Å². The predicted molar refractivity (Wildman–Crippen MR) is 91.4 cm³/mol. The first-order valence-electron chi connectivity index (χ1n) is 8.52. The maximum Gasteiger partial charge on any atom is 0.387 e. The van der Waals surface area contributed by atoms with Crippen LogP contribution in [-0.2, 0) is 4.79 Å². The van der Waals surface area contributed by atoms with Gasteiger partial charge in [-0.25, -0.2) is 4.79 Å². The summed E-state index contributed by atoms with van der Waals surface area (Å²) < 4.78 is 29.7. The minimum atomic E-state index is -2.88. The third-order valence-electron chi connectivity index (χ3n) is 4.62. The molecule has 1 aromatic rings. The number of likely N-dealkylation sites (tertiary alicyclic amines) is 1. The summed E-state index contributed by atoms with van der Waals surface area (Å²) in [5.74, 6) is 0.137. The molecule has 2 saturated heterocycles. The van der Waals surface area contributed by atoms with Crippen molar-refractivity contribution in [2.75, 3.05) is 31.6 Å². The summed E-state index contributed by atoms with van der Waals surface area (Å²) in [6.45, 7) is -1.26. The minimum absolute atomic E-state index is 0.0120. The van der Waals surface area contributed by atoms with Crippen LogP contribution < -0.4 is 20.3 Å². The number of ether oxygens (including phenoxy) is 1. The lowest BCUT2D eigenvalue weighted by atomic mass is 10.2. The van der Waals surface area contributed by atoms with Gasteiger partial charge in [-0.05, 0) is 18.6 Å². The number of nitrogens with zero attached hydrogens (tertiary/aromatic N) is 2. The Morgan fingerprint density at radius 3 is 2.65 bits per heavy atom. The number of rotatable bonds is 5. The quantitative estimate of drug-likeness (QED) is 0.824. The molecule has 2 unspecified atom stereocenters. The molecule has 142 valence electrons. The van der Waals surface area contributed by atoms with Gasteiger partial charge in [0.1, 0.15) is 5.75 Å². The molecule has 0 radical (unpaired) electrons. The molecule has 2 fully saturated rings. The van der Waals surface area contributed by atoms with E-state index in [1.165, 1.54) is 6.07 Å². The number of halogens is 2. The molecule has 0 saturated carbocycles. The highest BCUT2D eigenvalue weighted by molar-refractivity contribution is 5.81. The second-order valence-electron chi connectivity index (χ2n) is 6.57. The molecule has 2 atom stereocenters. The number of carbonyl (C=O) groups excluding carboxylic acids is 2. The maximum absolute atomic E-state index is 12.6. The fourth-order valence-electron chi connectivity index (χ4n) is 3.38. The van der Waals surface area contributed by atoms with E-state index in [4.69, 9.17) is 0 Å². The second kappa shape index (κ2) is 7.76. The van der Waals surface area contributed by atoms with Gasteiger partial charge in [0.25, 0.3) is 0 Å². The Balaban J connectivity index is 1.53. The summed E-state index contributed by atoms with van der Waals surface area (Å²) in [4.78, 5) is 27.1. The van der Waals surface area contributed by atoms with E-state index in [1.807, 2.05) is 4.90 Å². The Hall–Kier alpha value is -2.58. The fraction of sp³-hybridized carbons (Fsp3) is 0.529. The number of likely N-dealkylation sites (N-methyl/N-ethyl adjacent to an activating group) is 1. The molecule has 2 heterocycles. The molecule has 3 rings (SSSR count). The van der Waals surface area contributed by atoms with Gasteiger partial charge in [0, 0.05) is 39.1 Å². The number of alkyl halides is 2. The highest BCUT2D eigenvalue weighted by Crippen LogP contribution is 2.31. The van der Waals surface area contributed by atoms with Gasteiger partial charge in [0.15, 0.2) is 0 Å². The minimum Gasteiger partial charge on any atom is -0.433 e. The Bertz CT molecular complexity index is 673. The summed E-state index contributed by atoms with van der Waals surface area (Å²) in [5.41, 5.74) is 0.584. The lowest BCUT2D eigenvalue weighted by Crippen LogP contribution is -2.47. The van der Waals surface area contributed by atoms with Gasteiger partial charge >= 0.3 is 12.6 Å². The first-order chi connectivity index (χ1) is 12.4. The van der Waals surface area contributed by atoms with Crippen molar-refractivity contribution < 1.29 is 23.1 Å². The van der Waals surface area contributed by atoms with Crippen LogP contribution in [0.3, 0.4) is 0 Å². The summed E-state index contributed by atoms with van der Waals surface area (Å²) in [6.07, 6.45) is 0.999. The molecular weight excluding hydrogens is 346 g/mol. The molecule has 0 spiro atoms. The van der Waals surface area contributed by atoms with Crippen molar-refractivity contribution in [1.29, 1.82) is 0 Å². The van der Waals surface area contributed by atoms with Gasteiger partial charge in [-0.2, -0.15) is 8.78 Å². The largest absolute Gasteiger partial charge is 0.433 e. The average Bonchev–Trinajstić information content (AvgIpc) is 3.14. The van der Waals surface area contributed by atoms with Gasteiger partial charge < -0.3 is 25.2 Å². The van der Waals surface area contributed by atoms with Crippen molar-refractivity contribution in [3.05, 3.63) is 24.3 Å². The highest BCUT2D eigenvalue weighted by atomic mass is 19.3. The number of anilines is 1. The van der Waals surface area contributed by atoms with Crippen LogP contribution in [0.15, 0.2) is 24.3 Å². The maximum atomic E-state index is 12.6.